The Bertz CT molecular complexity index is 430. The summed E-state index contributed by atoms with van der Waals surface area (Å²) >= 11 is 5.99. The zero-order valence-corrected chi connectivity index (χ0v) is 11.6. The Morgan fingerprint density at radius 1 is 1.50 bits per heavy atom. The van der Waals surface area contributed by atoms with Gasteiger partial charge in [-0.1, -0.05) is 38.3 Å². The molecule has 0 atom stereocenters. The topological polar surface area (TPSA) is 67.2 Å². The lowest BCUT2D eigenvalue weighted by Gasteiger charge is -2.15. The van der Waals surface area contributed by atoms with Gasteiger partial charge >= 0.3 is 0 Å². The highest BCUT2D eigenvalue weighted by molar-refractivity contribution is 6.32. The maximum Gasteiger partial charge on any atom is 0.287 e. The number of aromatic nitrogens is 2. The Labute approximate surface area is 112 Å². The second-order valence-corrected chi connectivity index (χ2v) is 4.57. The van der Waals surface area contributed by atoms with Gasteiger partial charge in [-0.25, -0.2) is 4.68 Å². The fraction of sp³-hybridized carbons (Fsp3) is 0.667. The molecule has 18 heavy (non-hydrogen) atoms. The predicted molar refractivity (Wildman–Crippen MR) is 73.2 cm³/mol. The third-order valence-electron chi connectivity index (χ3n) is 3.03. The summed E-state index contributed by atoms with van der Waals surface area (Å²) in [5.74, 6) is 0.556. The quantitative estimate of drug-likeness (QED) is 0.794. The maximum absolute atomic E-state index is 11.8. The Kier molecular flexibility index (Phi) is 6.15. The van der Waals surface area contributed by atoms with Crippen LogP contribution in [0.4, 0.5) is 5.69 Å². The minimum Gasteiger partial charge on any atom is -0.394 e. The van der Waals surface area contributed by atoms with E-state index < -0.39 is 0 Å². The number of rotatable bonds is 7. The average Bonchev–Trinajstić information content (AvgIpc) is 2.38. The SMILES string of the molecule is CCC(CC)CNc1cnn(CCO)c(=O)c1Cl. The van der Waals surface area contributed by atoms with Crippen LogP contribution < -0.4 is 10.9 Å². The third kappa shape index (κ3) is 3.71. The zero-order chi connectivity index (χ0) is 13.5. The number of nitrogens with one attached hydrogen (secondary N) is 1. The second-order valence-electron chi connectivity index (χ2n) is 4.19. The van der Waals surface area contributed by atoms with E-state index in [1.165, 1.54) is 6.20 Å². The minimum absolute atomic E-state index is 0.129. The van der Waals surface area contributed by atoms with Gasteiger partial charge in [0.05, 0.1) is 25.0 Å². The fourth-order valence-electron chi connectivity index (χ4n) is 1.67. The van der Waals surface area contributed by atoms with E-state index >= 15 is 0 Å². The summed E-state index contributed by atoms with van der Waals surface area (Å²) in [6, 6.07) is 0. The lowest BCUT2D eigenvalue weighted by molar-refractivity contribution is 0.266. The highest BCUT2D eigenvalue weighted by Crippen LogP contribution is 2.17. The van der Waals surface area contributed by atoms with Gasteiger partial charge in [-0.05, 0) is 5.92 Å². The minimum atomic E-state index is -0.375. The van der Waals surface area contributed by atoms with Gasteiger partial charge in [0.25, 0.3) is 5.56 Å². The number of anilines is 1. The number of aliphatic hydroxyl groups is 1. The molecule has 0 aromatic carbocycles. The molecule has 5 nitrogen and oxygen atoms in total. The first-order valence-electron chi connectivity index (χ1n) is 6.24. The molecule has 0 fully saturated rings. The Hall–Kier alpha value is -1.07. The van der Waals surface area contributed by atoms with E-state index in [9.17, 15) is 4.79 Å². The summed E-state index contributed by atoms with van der Waals surface area (Å²) in [5.41, 5.74) is 0.183. The van der Waals surface area contributed by atoms with Crippen LogP contribution in [0.15, 0.2) is 11.0 Å². The molecular formula is C12H20ClN3O2. The molecule has 0 aliphatic carbocycles. The highest BCUT2D eigenvalue weighted by Gasteiger charge is 2.10. The molecule has 0 saturated heterocycles. The molecule has 1 heterocycles. The molecule has 0 saturated carbocycles. The van der Waals surface area contributed by atoms with Crippen LogP contribution in [0.25, 0.3) is 0 Å². The molecule has 0 aliphatic heterocycles. The van der Waals surface area contributed by atoms with Gasteiger partial charge in [-0.2, -0.15) is 5.10 Å². The van der Waals surface area contributed by atoms with Crippen LogP contribution in [0.1, 0.15) is 26.7 Å². The van der Waals surface area contributed by atoms with Crippen LogP contribution in [0, 0.1) is 5.92 Å². The monoisotopic (exact) mass is 273 g/mol. The van der Waals surface area contributed by atoms with Crippen molar-refractivity contribution in [3.05, 3.63) is 21.6 Å². The van der Waals surface area contributed by atoms with Crippen molar-refractivity contribution in [3.8, 4) is 0 Å². The van der Waals surface area contributed by atoms with E-state index in [2.05, 4.69) is 24.3 Å². The van der Waals surface area contributed by atoms with Gasteiger partial charge in [0.1, 0.15) is 5.02 Å². The van der Waals surface area contributed by atoms with E-state index in [4.69, 9.17) is 16.7 Å². The van der Waals surface area contributed by atoms with Crippen molar-refractivity contribution in [1.29, 1.82) is 0 Å². The molecule has 102 valence electrons. The third-order valence-corrected chi connectivity index (χ3v) is 3.40. The van der Waals surface area contributed by atoms with Crippen molar-refractivity contribution < 1.29 is 5.11 Å². The molecule has 1 aromatic rings. The fourth-order valence-corrected chi connectivity index (χ4v) is 1.89. The molecule has 0 aliphatic rings. The van der Waals surface area contributed by atoms with E-state index in [0.717, 1.165) is 24.1 Å². The number of hydrogen-bond acceptors (Lipinski definition) is 4. The summed E-state index contributed by atoms with van der Waals surface area (Å²) < 4.78 is 1.16. The number of nitrogens with zero attached hydrogens (tertiary/aromatic N) is 2. The number of hydrogen-bond donors (Lipinski definition) is 2. The van der Waals surface area contributed by atoms with Crippen LogP contribution in [-0.2, 0) is 6.54 Å². The van der Waals surface area contributed by atoms with Gasteiger partial charge in [0, 0.05) is 6.54 Å². The van der Waals surface area contributed by atoms with Crippen molar-refractivity contribution in [2.75, 3.05) is 18.5 Å². The van der Waals surface area contributed by atoms with E-state index in [0.29, 0.717) is 11.6 Å². The van der Waals surface area contributed by atoms with E-state index in [1.807, 2.05) is 0 Å². The highest BCUT2D eigenvalue weighted by atomic mass is 35.5. The summed E-state index contributed by atoms with van der Waals surface area (Å²) in [7, 11) is 0. The molecule has 1 rings (SSSR count). The lowest BCUT2D eigenvalue weighted by atomic mass is 10.0. The summed E-state index contributed by atoms with van der Waals surface area (Å²) in [5, 5.41) is 16.0. The summed E-state index contributed by atoms with van der Waals surface area (Å²) in [6.45, 7) is 5.07. The standard InChI is InChI=1S/C12H20ClN3O2/c1-3-9(4-2)7-14-10-8-15-16(5-6-17)12(18)11(10)13/h8-9,14,17H,3-7H2,1-2H3. The van der Waals surface area contributed by atoms with Crippen molar-refractivity contribution in [2.24, 2.45) is 5.92 Å². The zero-order valence-electron chi connectivity index (χ0n) is 10.8. The number of aliphatic hydroxyl groups excluding tert-OH is 1. The molecule has 0 unspecified atom stereocenters. The van der Waals surface area contributed by atoms with Crippen LogP contribution in [0.2, 0.25) is 5.02 Å². The molecule has 0 spiro atoms. The summed E-state index contributed by atoms with van der Waals surface area (Å²) in [6.07, 6.45) is 3.69. The first-order chi connectivity index (χ1) is 8.63. The van der Waals surface area contributed by atoms with Crippen LogP contribution in [-0.4, -0.2) is 28.0 Å². The van der Waals surface area contributed by atoms with Crippen molar-refractivity contribution in [1.82, 2.24) is 9.78 Å². The largest absolute Gasteiger partial charge is 0.394 e. The Morgan fingerprint density at radius 3 is 2.72 bits per heavy atom. The molecule has 2 N–H and O–H groups in total. The van der Waals surface area contributed by atoms with Gasteiger partial charge in [0.2, 0.25) is 0 Å². The maximum atomic E-state index is 11.8. The van der Waals surface area contributed by atoms with Crippen molar-refractivity contribution in [2.45, 2.75) is 33.2 Å². The van der Waals surface area contributed by atoms with Gasteiger partial charge < -0.3 is 10.4 Å². The number of halogens is 1. The van der Waals surface area contributed by atoms with E-state index in [1.54, 1.807) is 0 Å². The second kappa shape index (κ2) is 7.38. The Balaban J connectivity index is 2.79. The van der Waals surface area contributed by atoms with Crippen molar-refractivity contribution in [3.63, 3.8) is 0 Å². The molecule has 0 amide bonds. The van der Waals surface area contributed by atoms with Gasteiger partial charge in [-0.15, -0.1) is 0 Å². The molecular weight excluding hydrogens is 254 g/mol. The van der Waals surface area contributed by atoms with Crippen LogP contribution >= 0.6 is 11.6 Å². The van der Waals surface area contributed by atoms with Crippen LogP contribution in [0.5, 0.6) is 0 Å². The van der Waals surface area contributed by atoms with Gasteiger partial charge in [-0.3, -0.25) is 4.79 Å². The first kappa shape index (κ1) is 15.0. The van der Waals surface area contributed by atoms with Crippen LogP contribution in [0.3, 0.4) is 0 Å². The van der Waals surface area contributed by atoms with Gasteiger partial charge in [0.15, 0.2) is 0 Å². The average molecular weight is 274 g/mol. The lowest BCUT2D eigenvalue weighted by Crippen LogP contribution is -2.26. The predicted octanol–water partition coefficient (Wildman–Crippen LogP) is 1.74. The smallest absolute Gasteiger partial charge is 0.287 e. The molecule has 0 radical (unpaired) electrons. The first-order valence-corrected chi connectivity index (χ1v) is 6.62. The van der Waals surface area contributed by atoms with E-state index in [-0.39, 0.29) is 23.7 Å². The molecule has 6 heteroatoms. The molecule has 1 aromatic heterocycles. The summed E-state index contributed by atoms with van der Waals surface area (Å²) in [4.78, 5) is 11.8. The normalized spacial score (nSPS) is 10.9. The Morgan fingerprint density at radius 2 is 2.17 bits per heavy atom. The van der Waals surface area contributed by atoms with Crippen molar-refractivity contribution >= 4 is 17.3 Å². The molecule has 0 bridgehead atoms.